The smallest absolute Gasteiger partial charge is 0.273 e. The molecule has 1 atom stereocenters. The summed E-state index contributed by atoms with van der Waals surface area (Å²) in [6.45, 7) is 3.43. The second kappa shape index (κ2) is 7.00. The first kappa shape index (κ1) is 15.8. The Kier molecular flexibility index (Phi) is 4.81. The molecule has 2 aromatic rings. The van der Waals surface area contributed by atoms with Crippen LogP contribution in [0.3, 0.4) is 0 Å². The number of nitrogens with one attached hydrogen (secondary N) is 1. The molecular formula is C17H21N3O2S. The maximum Gasteiger partial charge on any atom is 0.273 e. The molecule has 1 aliphatic heterocycles. The van der Waals surface area contributed by atoms with E-state index in [2.05, 4.69) is 10.3 Å². The maximum absolute atomic E-state index is 12.5. The van der Waals surface area contributed by atoms with E-state index < -0.39 is 0 Å². The molecule has 0 bridgehead atoms. The third-order valence-corrected chi connectivity index (χ3v) is 4.78. The summed E-state index contributed by atoms with van der Waals surface area (Å²) in [5.41, 5.74) is 1.62. The topological polar surface area (TPSA) is 54.5 Å². The molecule has 6 heteroatoms. The van der Waals surface area contributed by atoms with Gasteiger partial charge in [0.25, 0.3) is 5.91 Å². The van der Waals surface area contributed by atoms with Crippen LogP contribution < -0.4 is 10.1 Å². The van der Waals surface area contributed by atoms with Gasteiger partial charge in [-0.15, -0.1) is 11.3 Å². The molecule has 1 amide bonds. The van der Waals surface area contributed by atoms with E-state index in [4.69, 9.17) is 4.74 Å². The van der Waals surface area contributed by atoms with E-state index >= 15 is 0 Å². The molecule has 0 aliphatic carbocycles. The first-order valence-corrected chi connectivity index (χ1v) is 8.65. The quantitative estimate of drug-likeness (QED) is 0.935. The molecule has 3 rings (SSSR count). The number of ether oxygens (including phenoxy) is 1. The highest BCUT2D eigenvalue weighted by molar-refractivity contribution is 7.09. The zero-order chi connectivity index (χ0) is 16.2. The minimum Gasteiger partial charge on any atom is -0.497 e. The monoisotopic (exact) mass is 331 g/mol. The molecule has 1 aromatic carbocycles. The molecule has 0 saturated carbocycles. The highest BCUT2D eigenvalue weighted by Crippen LogP contribution is 2.20. The number of benzene rings is 1. The van der Waals surface area contributed by atoms with Gasteiger partial charge < -0.3 is 15.0 Å². The summed E-state index contributed by atoms with van der Waals surface area (Å²) in [5, 5.41) is 6.28. The number of thiazole rings is 1. The number of aromatic nitrogens is 1. The minimum atomic E-state index is 0.0376. The average Bonchev–Trinajstić information content (AvgIpc) is 3.01. The fraction of sp³-hybridized carbons (Fsp3) is 0.412. The number of anilines is 1. The maximum atomic E-state index is 12.5. The lowest BCUT2D eigenvalue weighted by Gasteiger charge is -2.33. The van der Waals surface area contributed by atoms with Gasteiger partial charge in [0.1, 0.15) is 11.4 Å². The number of nitrogens with zero attached hydrogens (tertiary/aromatic N) is 2. The lowest BCUT2D eigenvalue weighted by Crippen LogP contribution is -2.45. The van der Waals surface area contributed by atoms with Gasteiger partial charge in [0.05, 0.1) is 12.1 Å². The molecule has 0 radical (unpaired) electrons. The molecule has 5 nitrogen and oxygen atoms in total. The predicted molar refractivity (Wildman–Crippen MR) is 92.4 cm³/mol. The summed E-state index contributed by atoms with van der Waals surface area (Å²) < 4.78 is 5.17. The van der Waals surface area contributed by atoms with E-state index in [1.807, 2.05) is 41.5 Å². The van der Waals surface area contributed by atoms with Crippen LogP contribution in [0.4, 0.5) is 5.69 Å². The van der Waals surface area contributed by atoms with Crippen LogP contribution in [0.15, 0.2) is 29.6 Å². The molecule has 1 aromatic heterocycles. The molecule has 1 N–H and O–H groups in total. The third kappa shape index (κ3) is 3.82. The van der Waals surface area contributed by atoms with Crippen LogP contribution in [0.2, 0.25) is 0 Å². The molecular weight excluding hydrogens is 310 g/mol. The van der Waals surface area contributed by atoms with E-state index in [9.17, 15) is 4.79 Å². The van der Waals surface area contributed by atoms with Crippen LogP contribution in [-0.2, 0) is 0 Å². The number of piperidine rings is 1. The van der Waals surface area contributed by atoms with Crippen molar-refractivity contribution >= 4 is 22.9 Å². The highest BCUT2D eigenvalue weighted by Gasteiger charge is 2.25. The Morgan fingerprint density at radius 1 is 1.39 bits per heavy atom. The minimum absolute atomic E-state index is 0.0376. The zero-order valence-electron chi connectivity index (χ0n) is 13.4. The first-order chi connectivity index (χ1) is 11.2. The van der Waals surface area contributed by atoms with Crippen molar-refractivity contribution in [2.75, 3.05) is 25.5 Å². The molecule has 2 heterocycles. The predicted octanol–water partition coefficient (Wildman–Crippen LogP) is 3.18. The third-order valence-electron chi connectivity index (χ3n) is 4.01. The van der Waals surface area contributed by atoms with Gasteiger partial charge in [-0.05, 0) is 44.0 Å². The zero-order valence-corrected chi connectivity index (χ0v) is 14.2. The SMILES string of the molecule is COc1ccc(N[C@H]2CCCN(C(=O)c3csc(C)n3)C2)cc1. The average molecular weight is 331 g/mol. The van der Waals surface area contributed by atoms with Gasteiger partial charge in [-0.3, -0.25) is 4.79 Å². The van der Waals surface area contributed by atoms with Gasteiger partial charge in [0, 0.05) is 30.2 Å². The summed E-state index contributed by atoms with van der Waals surface area (Å²) in [5.74, 6) is 0.880. The van der Waals surface area contributed by atoms with Crippen LogP contribution in [0.25, 0.3) is 0 Å². The first-order valence-electron chi connectivity index (χ1n) is 7.77. The molecule has 122 valence electrons. The van der Waals surface area contributed by atoms with Gasteiger partial charge >= 0.3 is 0 Å². The van der Waals surface area contributed by atoms with Crippen molar-refractivity contribution in [1.29, 1.82) is 0 Å². The molecule has 1 saturated heterocycles. The largest absolute Gasteiger partial charge is 0.497 e. The van der Waals surface area contributed by atoms with Gasteiger partial charge in [-0.25, -0.2) is 4.98 Å². The lowest BCUT2D eigenvalue weighted by atomic mass is 10.0. The highest BCUT2D eigenvalue weighted by atomic mass is 32.1. The van der Waals surface area contributed by atoms with Gasteiger partial charge in [-0.2, -0.15) is 0 Å². The summed E-state index contributed by atoms with van der Waals surface area (Å²) in [4.78, 5) is 18.7. The second-order valence-electron chi connectivity index (χ2n) is 5.71. The Hall–Kier alpha value is -2.08. The second-order valence-corrected chi connectivity index (χ2v) is 6.78. The summed E-state index contributed by atoms with van der Waals surface area (Å²) >= 11 is 1.52. The van der Waals surface area contributed by atoms with Gasteiger partial charge in [0.15, 0.2) is 0 Å². The van der Waals surface area contributed by atoms with E-state index in [1.54, 1.807) is 7.11 Å². The van der Waals surface area contributed by atoms with Crippen LogP contribution in [-0.4, -0.2) is 42.0 Å². The van der Waals surface area contributed by atoms with Crippen LogP contribution in [0, 0.1) is 6.92 Å². The van der Waals surface area contributed by atoms with Crippen molar-refractivity contribution in [3.05, 3.63) is 40.3 Å². The molecule has 23 heavy (non-hydrogen) atoms. The summed E-state index contributed by atoms with van der Waals surface area (Å²) in [7, 11) is 1.66. The number of hydrogen-bond acceptors (Lipinski definition) is 5. The van der Waals surface area contributed by atoms with Crippen molar-refractivity contribution in [3.8, 4) is 5.75 Å². The van der Waals surface area contributed by atoms with Crippen LogP contribution in [0.5, 0.6) is 5.75 Å². The van der Waals surface area contributed by atoms with E-state index in [-0.39, 0.29) is 11.9 Å². The van der Waals surface area contributed by atoms with E-state index in [1.165, 1.54) is 11.3 Å². The Balaban J connectivity index is 1.62. The molecule has 0 unspecified atom stereocenters. The van der Waals surface area contributed by atoms with Crippen LogP contribution >= 0.6 is 11.3 Å². The number of carbonyl (C=O) groups excluding carboxylic acids is 1. The van der Waals surface area contributed by atoms with Crippen molar-refractivity contribution in [2.24, 2.45) is 0 Å². The Labute approximate surface area is 140 Å². The fourth-order valence-corrected chi connectivity index (χ4v) is 3.41. The molecule has 1 fully saturated rings. The standard InChI is InChI=1S/C17H21N3O2S/c1-12-18-16(11-23-12)17(21)20-9-3-4-14(10-20)19-13-5-7-15(22-2)8-6-13/h5-8,11,14,19H,3-4,9-10H2,1-2H3/t14-/m0/s1. The number of carbonyl (C=O) groups is 1. The number of rotatable bonds is 4. The number of amides is 1. The summed E-state index contributed by atoms with van der Waals surface area (Å²) in [6.07, 6.45) is 2.06. The Morgan fingerprint density at radius 2 is 2.17 bits per heavy atom. The van der Waals surface area contributed by atoms with E-state index in [0.717, 1.165) is 35.8 Å². The molecule has 0 spiro atoms. The summed E-state index contributed by atoms with van der Waals surface area (Å²) in [6, 6.07) is 8.14. The van der Waals surface area contributed by atoms with Crippen molar-refractivity contribution in [3.63, 3.8) is 0 Å². The van der Waals surface area contributed by atoms with Crippen molar-refractivity contribution in [2.45, 2.75) is 25.8 Å². The molecule has 1 aliphatic rings. The number of likely N-dealkylation sites (tertiary alicyclic amines) is 1. The van der Waals surface area contributed by atoms with Crippen LogP contribution in [0.1, 0.15) is 28.3 Å². The number of methoxy groups -OCH3 is 1. The lowest BCUT2D eigenvalue weighted by molar-refractivity contribution is 0.0709. The van der Waals surface area contributed by atoms with E-state index in [0.29, 0.717) is 12.2 Å². The fourth-order valence-electron chi connectivity index (χ4n) is 2.83. The Morgan fingerprint density at radius 3 is 2.83 bits per heavy atom. The van der Waals surface area contributed by atoms with Crippen molar-refractivity contribution in [1.82, 2.24) is 9.88 Å². The normalized spacial score (nSPS) is 17.8. The van der Waals surface area contributed by atoms with Crippen molar-refractivity contribution < 1.29 is 9.53 Å². The Bertz CT molecular complexity index is 669. The number of aryl methyl sites for hydroxylation is 1. The van der Waals surface area contributed by atoms with Gasteiger partial charge in [-0.1, -0.05) is 0 Å². The number of hydrogen-bond donors (Lipinski definition) is 1. The van der Waals surface area contributed by atoms with Gasteiger partial charge in [0.2, 0.25) is 0 Å².